The van der Waals surface area contributed by atoms with Crippen molar-refractivity contribution in [3.63, 3.8) is 0 Å². The summed E-state index contributed by atoms with van der Waals surface area (Å²) in [7, 11) is 0. The van der Waals surface area contributed by atoms with E-state index in [9.17, 15) is 0 Å². The molecule has 132 valence electrons. The molecule has 2 N–H and O–H groups in total. The van der Waals surface area contributed by atoms with Gasteiger partial charge in [-0.15, -0.1) is 0 Å². The summed E-state index contributed by atoms with van der Waals surface area (Å²) >= 11 is 0. The van der Waals surface area contributed by atoms with Gasteiger partial charge in [-0.3, -0.25) is 0 Å². The molecule has 0 aliphatic carbocycles. The first-order chi connectivity index (χ1) is 11.8. The van der Waals surface area contributed by atoms with E-state index < -0.39 is 0 Å². The second-order valence-corrected chi connectivity index (χ2v) is 7.13. The van der Waals surface area contributed by atoms with Gasteiger partial charge in [0.1, 0.15) is 0 Å². The zero-order valence-electron chi connectivity index (χ0n) is 15.7. The fourth-order valence-corrected chi connectivity index (χ4v) is 3.73. The molecule has 0 fully saturated rings. The van der Waals surface area contributed by atoms with E-state index in [2.05, 4.69) is 50.2 Å². The summed E-state index contributed by atoms with van der Waals surface area (Å²) in [6.45, 7) is 4.53. The number of nitrogens with two attached hydrogens (primary N) is 1. The predicted molar refractivity (Wildman–Crippen MR) is 107 cm³/mol. The van der Waals surface area contributed by atoms with Gasteiger partial charge in [0, 0.05) is 6.04 Å². The molecule has 2 aromatic rings. The Morgan fingerprint density at radius 3 is 2.25 bits per heavy atom. The van der Waals surface area contributed by atoms with Crippen LogP contribution in [-0.4, -0.2) is 0 Å². The minimum Gasteiger partial charge on any atom is -0.324 e. The number of hydrogen-bond acceptors (Lipinski definition) is 1. The summed E-state index contributed by atoms with van der Waals surface area (Å²) in [5.74, 6) is 0. The fraction of sp³-hybridized carbons (Fsp3) is 0.565. The Morgan fingerprint density at radius 2 is 1.50 bits per heavy atom. The molecule has 0 heterocycles. The van der Waals surface area contributed by atoms with Gasteiger partial charge in [0.05, 0.1) is 0 Å². The summed E-state index contributed by atoms with van der Waals surface area (Å²) in [5, 5.41) is 2.68. The molecule has 24 heavy (non-hydrogen) atoms. The molecule has 0 amide bonds. The summed E-state index contributed by atoms with van der Waals surface area (Å²) < 4.78 is 0. The highest BCUT2D eigenvalue weighted by molar-refractivity contribution is 5.87. The van der Waals surface area contributed by atoms with E-state index in [1.54, 1.807) is 0 Å². The van der Waals surface area contributed by atoms with Crippen molar-refractivity contribution in [2.45, 2.75) is 84.1 Å². The molecule has 0 aliphatic rings. The molecule has 0 radical (unpaired) electrons. The average Bonchev–Trinajstić information content (AvgIpc) is 2.61. The molecule has 1 nitrogen and oxygen atoms in total. The fourth-order valence-electron chi connectivity index (χ4n) is 3.73. The molecule has 0 spiro atoms. The van der Waals surface area contributed by atoms with Crippen molar-refractivity contribution in [1.82, 2.24) is 0 Å². The number of unbranched alkanes of at least 4 members (excludes halogenated alkanes) is 6. The first kappa shape index (κ1) is 19.0. The van der Waals surface area contributed by atoms with Gasteiger partial charge in [0.2, 0.25) is 0 Å². The number of benzene rings is 2. The maximum atomic E-state index is 6.65. The van der Waals surface area contributed by atoms with E-state index in [-0.39, 0.29) is 6.04 Å². The maximum Gasteiger partial charge on any atom is 0.0303 e. The number of fused-ring (bicyclic) bond motifs is 1. The summed E-state index contributed by atoms with van der Waals surface area (Å²) in [4.78, 5) is 0. The summed E-state index contributed by atoms with van der Waals surface area (Å²) in [6.07, 6.45) is 12.9. The minimum absolute atomic E-state index is 0.174. The lowest BCUT2D eigenvalue weighted by atomic mass is 9.89. The molecule has 0 aliphatic heterocycles. The summed E-state index contributed by atoms with van der Waals surface area (Å²) in [5.41, 5.74) is 9.51. The third kappa shape index (κ3) is 5.34. The van der Waals surface area contributed by atoms with Crippen LogP contribution >= 0.6 is 0 Å². The highest BCUT2D eigenvalue weighted by atomic mass is 14.6. The van der Waals surface area contributed by atoms with Crippen molar-refractivity contribution in [1.29, 1.82) is 0 Å². The van der Waals surface area contributed by atoms with E-state index in [1.165, 1.54) is 73.3 Å². The van der Waals surface area contributed by atoms with Crippen LogP contribution in [-0.2, 0) is 6.42 Å². The number of aryl methyl sites for hydroxylation is 1. The standard InChI is InChI=1S/C23H35N/c1-3-5-6-7-8-9-10-16-22(24)23-20(13-4-2)18-17-19-14-11-12-15-21(19)23/h11-12,14-15,17-18,22H,3-10,13,16,24H2,1-2H3. The van der Waals surface area contributed by atoms with Crippen LogP contribution in [0.25, 0.3) is 10.8 Å². The Bertz CT molecular complexity index is 602. The molecule has 0 bridgehead atoms. The molecule has 0 aromatic heterocycles. The monoisotopic (exact) mass is 325 g/mol. The zero-order chi connectivity index (χ0) is 17.2. The van der Waals surface area contributed by atoms with Crippen LogP contribution in [0.5, 0.6) is 0 Å². The lowest BCUT2D eigenvalue weighted by Gasteiger charge is -2.19. The van der Waals surface area contributed by atoms with Gasteiger partial charge in [-0.2, -0.15) is 0 Å². The summed E-state index contributed by atoms with van der Waals surface area (Å²) in [6, 6.07) is 13.4. The van der Waals surface area contributed by atoms with Gasteiger partial charge in [-0.1, -0.05) is 102 Å². The third-order valence-electron chi connectivity index (χ3n) is 5.07. The van der Waals surface area contributed by atoms with Crippen LogP contribution in [0.3, 0.4) is 0 Å². The van der Waals surface area contributed by atoms with Crippen LogP contribution in [0.15, 0.2) is 36.4 Å². The van der Waals surface area contributed by atoms with Gasteiger partial charge in [-0.05, 0) is 34.7 Å². The van der Waals surface area contributed by atoms with Crippen molar-refractivity contribution < 1.29 is 0 Å². The molecule has 2 rings (SSSR count). The average molecular weight is 326 g/mol. The topological polar surface area (TPSA) is 26.0 Å². The van der Waals surface area contributed by atoms with Gasteiger partial charge < -0.3 is 5.73 Å². The van der Waals surface area contributed by atoms with Crippen molar-refractivity contribution in [2.24, 2.45) is 5.73 Å². The molecule has 1 atom stereocenters. The second kappa shape index (κ2) is 10.5. The van der Waals surface area contributed by atoms with Crippen LogP contribution in [0, 0.1) is 0 Å². The molecule has 0 saturated heterocycles. The van der Waals surface area contributed by atoms with Crippen LogP contribution in [0.1, 0.15) is 88.8 Å². The lowest BCUT2D eigenvalue weighted by molar-refractivity contribution is 0.540. The van der Waals surface area contributed by atoms with Crippen LogP contribution < -0.4 is 5.73 Å². The molecular weight excluding hydrogens is 290 g/mol. The second-order valence-electron chi connectivity index (χ2n) is 7.13. The number of hydrogen-bond donors (Lipinski definition) is 1. The van der Waals surface area contributed by atoms with E-state index in [0.29, 0.717) is 0 Å². The van der Waals surface area contributed by atoms with Gasteiger partial charge in [0.15, 0.2) is 0 Å². The minimum atomic E-state index is 0.174. The van der Waals surface area contributed by atoms with Crippen molar-refractivity contribution in [2.75, 3.05) is 0 Å². The largest absolute Gasteiger partial charge is 0.324 e. The van der Waals surface area contributed by atoms with E-state index in [0.717, 1.165) is 12.8 Å². The molecular formula is C23H35N. The highest BCUT2D eigenvalue weighted by Gasteiger charge is 2.14. The first-order valence-corrected chi connectivity index (χ1v) is 10.0. The molecule has 0 saturated carbocycles. The van der Waals surface area contributed by atoms with Gasteiger partial charge in [0.25, 0.3) is 0 Å². The smallest absolute Gasteiger partial charge is 0.0303 e. The number of rotatable bonds is 11. The Hall–Kier alpha value is -1.34. The van der Waals surface area contributed by atoms with E-state index in [1.807, 2.05) is 0 Å². The SMILES string of the molecule is CCCCCCCCCC(N)c1c(CCC)ccc2ccccc12. The Kier molecular flexibility index (Phi) is 8.32. The van der Waals surface area contributed by atoms with Gasteiger partial charge in [-0.25, -0.2) is 0 Å². The molecule has 1 unspecified atom stereocenters. The maximum absolute atomic E-state index is 6.65. The van der Waals surface area contributed by atoms with Crippen LogP contribution in [0.2, 0.25) is 0 Å². The Balaban J connectivity index is 1.99. The Labute approximate surface area is 148 Å². The van der Waals surface area contributed by atoms with Crippen molar-refractivity contribution in [3.05, 3.63) is 47.5 Å². The first-order valence-electron chi connectivity index (χ1n) is 10.0. The zero-order valence-corrected chi connectivity index (χ0v) is 15.7. The molecule has 2 aromatic carbocycles. The van der Waals surface area contributed by atoms with Crippen molar-refractivity contribution >= 4 is 10.8 Å². The van der Waals surface area contributed by atoms with Crippen molar-refractivity contribution in [3.8, 4) is 0 Å². The van der Waals surface area contributed by atoms with E-state index >= 15 is 0 Å². The highest BCUT2D eigenvalue weighted by Crippen LogP contribution is 2.30. The predicted octanol–water partition coefficient (Wildman–Crippen LogP) is 6.93. The Morgan fingerprint density at radius 1 is 0.792 bits per heavy atom. The lowest BCUT2D eigenvalue weighted by Crippen LogP contribution is -2.13. The quantitative estimate of drug-likeness (QED) is 0.445. The van der Waals surface area contributed by atoms with Gasteiger partial charge >= 0.3 is 0 Å². The van der Waals surface area contributed by atoms with Crippen LogP contribution in [0.4, 0.5) is 0 Å². The molecule has 1 heteroatoms. The van der Waals surface area contributed by atoms with E-state index in [4.69, 9.17) is 5.73 Å². The normalized spacial score (nSPS) is 12.6. The third-order valence-corrected chi connectivity index (χ3v) is 5.07.